The fraction of sp³-hybridized carbons (Fsp3) is 0.357. The highest BCUT2D eigenvalue weighted by Gasteiger charge is 2.06. The lowest BCUT2D eigenvalue weighted by molar-refractivity contribution is 0.0215. The monoisotopic (exact) mass is 282 g/mol. The van der Waals surface area contributed by atoms with Gasteiger partial charge in [0.25, 0.3) is 6.43 Å². The van der Waals surface area contributed by atoms with Crippen LogP contribution in [-0.2, 0) is 4.74 Å². The van der Waals surface area contributed by atoms with Gasteiger partial charge in [-0.1, -0.05) is 12.1 Å². The summed E-state index contributed by atoms with van der Waals surface area (Å²) >= 11 is 0. The third-order valence-electron chi connectivity index (χ3n) is 2.77. The fourth-order valence-electron chi connectivity index (χ4n) is 1.91. The predicted octanol–water partition coefficient (Wildman–Crippen LogP) is 2.94. The van der Waals surface area contributed by atoms with Crippen LogP contribution in [0, 0.1) is 0 Å². The van der Waals surface area contributed by atoms with Gasteiger partial charge in [0.15, 0.2) is 0 Å². The average Bonchev–Trinajstić information content (AvgIpc) is 2.46. The summed E-state index contributed by atoms with van der Waals surface area (Å²) in [6, 6.07) is 7.54. The van der Waals surface area contributed by atoms with E-state index in [1.807, 2.05) is 24.3 Å². The molecule has 0 atom stereocenters. The summed E-state index contributed by atoms with van der Waals surface area (Å²) in [5, 5.41) is 4.94. The first kappa shape index (κ1) is 14.5. The molecule has 2 rings (SSSR count). The molecule has 0 bridgehead atoms. The lowest BCUT2D eigenvalue weighted by Gasteiger charge is -2.11. The Morgan fingerprint density at radius 2 is 2.10 bits per heavy atom. The van der Waals surface area contributed by atoms with Crippen LogP contribution in [0.4, 0.5) is 14.6 Å². The Labute approximate surface area is 115 Å². The molecule has 0 aliphatic rings. The molecule has 1 heterocycles. The molecule has 1 N–H and O–H groups in total. The third kappa shape index (κ3) is 3.54. The maximum Gasteiger partial charge on any atom is 0.261 e. The van der Waals surface area contributed by atoms with Crippen molar-refractivity contribution in [3.63, 3.8) is 0 Å². The van der Waals surface area contributed by atoms with Crippen molar-refractivity contribution in [2.45, 2.75) is 6.43 Å². The van der Waals surface area contributed by atoms with E-state index >= 15 is 0 Å². The van der Waals surface area contributed by atoms with Crippen molar-refractivity contribution in [3.05, 3.63) is 30.5 Å². The number of fused-ring (bicyclic) bond motifs is 1. The molecule has 4 nitrogen and oxygen atoms in total. The number of methoxy groups -OCH3 is 1. The molecule has 0 aliphatic heterocycles. The Kier molecular flexibility index (Phi) is 5.06. The second-order valence-corrected chi connectivity index (χ2v) is 4.11. The van der Waals surface area contributed by atoms with E-state index in [2.05, 4.69) is 10.3 Å². The average molecular weight is 282 g/mol. The number of aromatic nitrogens is 1. The molecule has 6 heteroatoms. The van der Waals surface area contributed by atoms with Gasteiger partial charge in [-0.25, -0.2) is 13.8 Å². The van der Waals surface area contributed by atoms with Crippen LogP contribution in [0.1, 0.15) is 0 Å². The summed E-state index contributed by atoms with van der Waals surface area (Å²) in [5.74, 6) is 1.45. The number of nitrogens with one attached hydrogen (secondary N) is 1. The van der Waals surface area contributed by atoms with Crippen molar-refractivity contribution >= 4 is 16.6 Å². The Morgan fingerprint density at radius 1 is 1.25 bits per heavy atom. The molecule has 0 fully saturated rings. The summed E-state index contributed by atoms with van der Waals surface area (Å²) in [5.41, 5.74) is 0. The van der Waals surface area contributed by atoms with Crippen molar-refractivity contribution in [1.29, 1.82) is 0 Å². The van der Waals surface area contributed by atoms with Gasteiger partial charge in [-0.15, -0.1) is 0 Å². The number of halogens is 2. The second kappa shape index (κ2) is 7.00. The highest BCUT2D eigenvalue weighted by Crippen LogP contribution is 2.28. The molecule has 0 saturated heterocycles. The summed E-state index contributed by atoms with van der Waals surface area (Å²) in [7, 11) is 1.61. The van der Waals surface area contributed by atoms with Crippen LogP contribution in [0.5, 0.6) is 5.75 Å². The number of benzene rings is 1. The molecule has 1 aromatic carbocycles. The third-order valence-corrected chi connectivity index (χ3v) is 2.77. The maximum absolute atomic E-state index is 11.9. The van der Waals surface area contributed by atoms with E-state index in [-0.39, 0.29) is 6.61 Å². The van der Waals surface area contributed by atoms with Crippen molar-refractivity contribution in [1.82, 2.24) is 4.98 Å². The van der Waals surface area contributed by atoms with Crippen LogP contribution >= 0.6 is 0 Å². The SMILES string of the molecule is COc1cccc2c(NCCOCC(F)F)nccc12. The predicted molar refractivity (Wildman–Crippen MR) is 73.6 cm³/mol. The Morgan fingerprint density at radius 3 is 2.85 bits per heavy atom. The first-order valence-corrected chi connectivity index (χ1v) is 6.24. The molecule has 1 aromatic heterocycles. The number of alkyl halides is 2. The molecular formula is C14H16F2N2O2. The summed E-state index contributed by atoms with van der Waals surface area (Å²) in [6.45, 7) is 0.0703. The summed E-state index contributed by atoms with van der Waals surface area (Å²) in [6.07, 6.45) is -0.761. The highest BCUT2D eigenvalue weighted by atomic mass is 19.3. The normalized spacial score (nSPS) is 11.0. The van der Waals surface area contributed by atoms with Gasteiger partial charge in [0.05, 0.1) is 13.7 Å². The van der Waals surface area contributed by atoms with Crippen LogP contribution in [0.3, 0.4) is 0 Å². The molecule has 0 amide bonds. The van der Waals surface area contributed by atoms with Gasteiger partial charge >= 0.3 is 0 Å². The molecule has 0 spiro atoms. The van der Waals surface area contributed by atoms with Gasteiger partial charge in [0.1, 0.15) is 18.2 Å². The zero-order valence-corrected chi connectivity index (χ0v) is 11.1. The first-order valence-electron chi connectivity index (χ1n) is 6.24. The Hall–Kier alpha value is -1.95. The molecule has 108 valence electrons. The Bertz CT molecular complexity index is 564. The highest BCUT2D eigenvalue weighted by molar-refractivity contribution is 5.95. The largest absolute Gasteiger partial charge is 0.496 e. The lowest BCUT2D eigenvalue weighted by atomic mass is 10.1. The van der Waals surface area contributed by atoms with E-state index in [1.165, 1.54) is 0 Å². The van der Waals surface area contributed by atoms with Crippen LogP contribution in [-0.4, -0.2) is 38.3 Å². The lowest BCUT2D eigenvalue weighted by Crippen LogP contribution is -2.13. The number of anilines is 1. The van der Waals surface area contributed by atoms with E-state index in [9.17, 15) is 8.78 Å². The summed E-state index contributed by atoms with van der Waals surface area (Å²) in [4.78, 5) is 4.24. The van der Waals surface area contributed by atoms with Gasteiger partial charge in [0, 0.05) is 23.5 Å². The molecule has 20 heavy (non-hydrogen) atoms. The molecule has 2 aromatic rings. The van der Waals surface area contributed by atoms with Gasteiger partial charge in [0.2, 0.25) is 0 Å². The topological polar surface area (TPSA) is 43.4 Å². The molecular weight excluding hydrogens is 266 g/mol. The quantitative estimate of drug-likeness (QED) is 0.793. The van der Waals surface area contributed by atoms with E-state index < -0.39 is 13.0 Å². The standard InChI is InChI=1S/C14H16F2N2O2/c1-19-12-4-2-3-11-10(12)5-6-17-14(11)18-7-8-20-9-13(15)16/h2-6,13H,7-9H2,1H3,(H,17,18). The number of pyridine rings is 1. The number of ether oxygens (including phenoxy) is 2. The minimum Gasteiger partial charge on any atom is -0.496 e. The van der Waals surface area contributed by atoms with Gasteiger partial charge in [-0.3, -0.25) is 0 Å². The number of hydrogen-bond donors (Lipinski definition) is 1. The zero-order valence-electron chi connectivity index (χ0n) is 11.1. The van der Waals surface area contributed by atoms with E-state index in [0.29, 0.717) is 12.4 Å². The van der Waals surface area contributed by atoms with Crippen LogP contribution in [0.25, 0.3) is 10.8 Å². The fourth-order valence-corrected chi connectivity index (χ4v) is 1.91. The van der Waals surface area contributed by atoms with Crippen molar-refractivity contribution < 1.29 is 18.3 Å². The minimum atomic E-state index is -2.44. The second-order valence-electron chi connectivity index (χ2n) is 4.11. The first-order chi connectivity index (χ1) is 9.72. The Balaban J connectivity index is 2.03. The maximum atomic E-state index is 11.9. The molecule has 0 radical (unpaired) electrons. The van der Waals surface area contributed by atoms with Crippen molar-refractivity contribution in [2.75, 3.05) is 32.2 Å². The molecule has 0 aliphatic carbocycles. The summed E-state index contributed by atoms with van der Waals surface area (Å²) < 4.78 is 33.9. The van der Waals surface area contributed by atoms with E-state index in [4.69, 9.17) is 9.47 Å². The minimum absolute atomic E-state index is 0.201. The molecule has 0 unspecified atom stereocenters. The zero-order chi connectivity index (χ0) is 14.4. The van der Waals surface area contributed by atoms with Gasteiger partial charge < -0.3 is 14.8 Å². The van der Waals surface area contributed by atoms with Gasteiger partial charge in [-0.05, 0) is 12.1 Å². The van der Waals surface area contributed by atoms with Crippen LogP contribution < -0.4 is 10.1 Å². The van der Waals surface area contributed by atoms with E-state index in [1.54, 1.807) is 13.3 Å². The van der Waals surface area contributed by atoms with Crippen molar-refractivity contribution in [3.8, 4) is 5.75 Å². The number of hydrogen-bond acceptors (Lipinski definition) is 4. The van der Waals surface area contributed by atoms with Crippen LogP contribution in [0.15, 0.2) is 30.5 Å². The number of nitrogens with zero attached hydrogens (tertiary/aromatic N) is 1. The number of rotatable bonds is 7. The van der Waals surface area contributed by atoms with Crippen LogP contribution in [0.2, 0.25) is 0 Å². The van der Waals surface area contributed by atoms with Crippen molar-refractivity contribution in [2.24, 2.45) is 0 Å². The van der Waals surface area contributed by atoms with E-state index in [0.717, 1.165) is 16.5 Å². The molecule has 0 saturated carbocycles. The smallest absolute Gasteiger partial charge is 0.261 e. The van der Waals surface area contributed by atoms with Gasteiger partial charge in [-0.2, -0.15) is 0 Å².